The number of fused-ring (bicyclic) bond motifs is 1. The summed E-state index contributed by atoms with van der Waals surface area (Å²) in [5.74, 6) is 0.0100. The molecular weight excluding hydrogens is 154 g/mol. The van der Waals surface area contributed by atoms with Crippen molar-refractivity contribution in [3.63, 3.8) is 0 Å². The van der Waals surface area contributed by atoms with Crippen molar-refractivity contribution in [1.82, 2.24) is 0 Å². The first-order valence-electron chi connectivity index (χ1n) is 3.84. The Morgan fingerprint density at radius 2 is 2.42 bits per heavy atom. The highest BCUT2D eigenvalue weighted by molar-refractivity contribution is 5.76. The fraction of sp³-hybridized carbons (Fsp3) is 0.222. The van der Waals surface area contributed by atoms with Gasteiger partial charge in [0, 0.05) is 17.8 Å². The Morgan fingerprint density at radius 1 is 1.58 bits per heavy atom. The van der Waals surface area contributed by atoms with E-state index >= 15 is 0 Å². The summed E-state index contributed by atoms with van der Waals surface area (Å²) >= 11 is 0. The molecular formula is C9H9NO2. The van der Waals surface area contributed by atoms with Crippen molar-refractivity contribution in [3.8, 4) is 5.75 Å². The number of carbonyl (C=O) groups excluding carboxylic acids is 1. The van der Waals surface area contributed by atoms with Crippen molar-refractivity contribution in [2.24, 2.45) is 0 Å². The molecule has 1 heterocycles. The zero-order valence-electron chi connectivity index (χ0n) is 6.45. The zero-order chi connectivity index (χ0) is 8.55. The average Bonchev–Trinajstić information content (AvgIpc) is 2.49. The van der Waals surface area contributed by atoms with Crippen LogP contribution in [0, 0.1) is 0 Å². The molecule has 62 valence electrons. The summed E-state index contributed by atoms with van der Waals surface area (Å²) in [6.07, 6.45) is 0.860. The Balaban J connectivity index is 2.55. The molecule has 1 aliphatic heterocycles. The maximum absolute atomic E-state index is 10.6. The van der Waals surface area contributed by atoms with E-state index in [0.717, 1.165) is 17.5 Å². The normalized spacial score (nSPS) is 19.8. The van der Waals surface area contributed by atoms with E-state index in [-0.39, 0.29) is 11.7 Å². The van der Waals surface area contributed by atoms with Gasteiger partial charge in [-0.2, -0.15) is 0 Å². The van der Waals surface area contributed by atoms with Gasteiger partial charge in [0.25, 0.3) is 0 Å². The second-order valence-electron chi connectivity index (χ2n) is 2.86. The van der Waals surface area contributed by atoms with Gasteiger partial charge in [-0.1, -0.05) is 6.07 Å². The predicted molar refractivity (Wildman–Crippen MR) is 45.4 cm³/mol. The van der Waals surface area contributed by atoms with Crippen molar-refractivity contribution in [1.29, 1.82) is 0 Å². The van der Waals surface area contributed by atoms with Crippen LogP contribution in [-0.2, 0) is 4.79 Å². The molecule has 1 aromatic carbocycles. The second-order valence-corrected chi connectivity index (χ2v) is 2.86. The highest BCUT2D eigenvalue weighted by Gasteiger charge is 2.24. The fourth-order valence-electron chi connectivity index (χ4n) is 1.53. The van der Waals surface area contributed by atoms with Crippen molar-refractivity contribution in [3.05, 3.63) is 23.8 Å². The Labute approximate surface area is 70.0 Å². The molecule has 1 unspecified atom stereocenters. The van der Waals surface area contributed by atoms with Crippen molar-refractivity contribution >= 4 is 12.0 Å². The van der Waals surface area contributed by atoms with Gasteiger partial charge in [-0.3, -0.25) is 0 Å². The molecule has 0 amide bonds. The van der Waals surface area contributed by atoms with Gasteiger partial charge >= 0.3 is 0 Å². The first kappa shape index (κ1) is 7.16. The van der Waals surface area contributed by atoms with Crippen LogP contribution >= 0.6 is 0 Å². The van der Waals surface area contributed by atoms with Crippen molar-refractivity contribution in [2.45, 2.75) is 5.92 Å². The van der Waals surface area contributed by atoms with Gasteiger partial charge in [-0.05, 0) is 12.1 Å². The quantitative estimate of drug-likeness (QED) is 0.609. The van der Waals surface area contributed by atoms with Gasteiger partial charge in [0.2, 0.25) is 0 Å². The lowest BCUT2D eigenvalue weighted by Gasteiger charge is -2.02. The van der Waals surface area contributed by atoms with Gasteiger partial charge < -0.3 is 15.2 Å². The van der Waals surface area contributed by atoms with Gasteiger partial charge in [0.05, 0.1) is 5.92 Å². The minimum Gasteiger partial charge on any atom is -0.508 e. The molecule has 0 radical (unpaired) electrons. The second kappa shape index (κ2) is 2.52. The number of anilines is 1. The number of hydrogen-bond acceptors (Lipinski definition) is 3. The molecule has 0 saturated carbocycles. The van der Waals surface area contributed by atoms with Crippen LogP contribution in [0.1, 0.15) is 11.5 Å². The summed E-state index contributed by atoms with van der Waals surface area (Å²) in [6, 6.07) is 5.22. The molecule has 0 fully saturated rings. The predicted octanol–water partition coefficient (Wildman–Crippen LogP) is 1.10. The summed E-state index contributed by atoms with van der Waals surface area (Å²) in [7, 11) is 0. The van der Waals surface area contributed by atoms with E-state index in [1.165, 1.54) is 0 Å². The van der Waals surface area contributed by atoms with Crippen molar-refractivity contribution in [2.75, 3.05) is 11.9 Å². The Bertz CT molecular complexity index is 322. The largest absolute Gasteiger partial charge is 0.508 e. The van der Waals surface area contributed by atoms with Gasteiger partial charge in [-0.15, -0.1) is 0 Å². The number of benzene rings is 1. The Hall–Kier alpha value is -1.51. The summed E-state index contributed by atoms with van der Waals surface area (Å²) < 4.78 is 0. The number of nitrogens with one attached hydrogen (secondary N) is 1. The third-order valence-corrected chi connectivity index (χ3v) is 2.13. The molecule has 2 rings (SSSR count). The summed E-state index contributed by atoms with van der Waals surface area (Å²) in [5, 5.41) is 12.5. The highest BCUT2D eigenvalue weighted by atomic mass is 16.3. The van der Waals surface area contributed by atoms with E-state index in [2.05, 4.69) is 5.32 Å². The third-order valence-electron chi connectivity index (χ3n) is 2.13. The maximum Gasteiger partial charge on any atom is 0.129 e. The summed E-state index contributed by atoms with van der Waals surface area (Å²) in [5.41, 5.74) is 1.60. The maximum atomic E-state index is 10.6. The molecule has 1 atom stereocenters. The molecule has 0 aliphatic carbocycles. The molecule has 0 bridgehead atoms. The standard InChI is InChI=1S/C9H9NO2/c11-5-6-4-10-7-2-1-3-8(12)9(6)7/h1-3,5-6,10,12H,4H2. The SMILES string of the molecule is O=CC1CNc2cccc(O)c21. The number of phenols is 1. The Kier molecular flexibility index (Phi) is 1.50. The number of aldehydes is 1. The lowest BCUT2D eigenvalue weighted by atomic mass is 10.0. The van der Waals surface area contributed by atoms with Gasteiger partial charge in [0.1, 0.15) is 12.0 Å². The minimum atomic E-state index is -0.193. The first-order chi connectivity index (χ1) is 5.83. The average molecular weight is 163 g/mol. The van der Waals surface area contributed by atoms with Crippen LogP contribution in [0.25, 0.3) is 0 Å². The molecule has 0 aromatic heterocycles. The number of carbonyl (C=O) groups is 1. The highest BCUT2D eigenvalue weighted by Crippen LogP contribution is 2.36. The van der Waals surface area contributed by atoms with E-state index in [0.29, 0.717) is 6.54 Å². The molecule has 1 aromatic rings. The molecule has 3 heteroatoms. The molecule has 0 saturated heterocycles. The van der Waals surface area contributed by atoms with Crippen LogP contribution in [0.5, 0.6) is 5.75 Å². The van der Waals surface area contributed by atoms with E-state index < -0.39 is 0 Å². The monoisotopic (exact) mass is 163 g/mol. The molecule has 1 aliphatic rings. The molecule has 0 spiro atoms. The van der Waals surface area contributed by atoms with E-state index in [4.69, 9.17) is 0 Å². The first-order valence-corrected chi connectivity index (χ1v) is 3.84. The summed E-state index contributed by atoms with van der Waals surface area (Å²) in [6.45, 7) is 0.594. The van der Waals surface area contributed by atoms with Crippen LogP contribution in [0.4, 0.5) is 5.69 Å². The molecule has 3 nitrogen and oxygen atoms in total. The summed E-state index contributed by atoms with van der Waals surface area (Å²) in [4.78, 5) is 10.6. The minimum absolute atomic E-state index is 0.193. The molecule has 12 heavy (non-hydrogen) atoms. The van der Waals surface area contributed by atoms with Crippen molar-refractivity contribution < 1.29 is 9.90 Å². The van der Waals surface area contributed by atoms with E-state index in [9.17, 15) is 9.90 Å². The van der Waals surface area contributed by atoms with Crippen LogP contribution < -0.4 is 5.32 Å². The lowest BCUT2D eigenvalue weighted by Crippen LogP contribution is -2.02. The number of aromatic hydroxyl groups is 1. The van der Waals surface area contributed by atoms with Crippen LogP contribution in [0.2, 0.25) is 0 Å². The van der Waals surface area contributed by atoms with Gasteiger partial charge in [-0.25, -0.2) is 0 Å². The molecule has 2 N–H and O–H groups in total. The lowest BCUT2D eigenvalue weighted by molar-refractivity contribution is -0.108. The van der Waals surface area contributed by atoms with Gasteiger partial charge in [0.15, 0.2) is 0 Å². The topological polar surface area (TPSA) is 49.3 Å². The number of hydrogen-bond donors (Lipinski definition) is 2. The van der Waals surface area contributed by atoms with E-state index in [1.54, 1.807) is 12.1 Å². The van der Waals surface area contributed by atoms with Crippen LogP contribution in [-0.4, -0.2) is 17.9 Å². The zero-order valence-corrected chi connectivity index (χ0v) is 6.45. The number of rotatable bonds is 1. The Morgan fingerprint density at radius 3 is 3.17 bits per heavy atom. The third kappa shape index (κ3) is 0.863. The fourth-order valence-corrected chi connectivity index (χ4v) is 1.53. The van der Waals surface area contributed by atoms with E-state index in [1.807, 2.05) is 6.07 Å². The van der Waals surface area contributed by atoms with Crippen LogP contribution in [0.15, 0.2) is 18.2 Å². The number of phenolic OH excluding ortho intramolecular Hbond substituents is 1. The van der Waals surface area contributed by atoms with Crippen LogP contribution in [0.3, 0.4) is 0 Å². The smallest absolute Gasteiger partial charge is 0.129 e.